The van der Waals surface area contributed by atoms with Crippen molar-refractivity contribution in [1.82, 2.24) is 9.88 Å². The summed E-state index contributed by atoms with van der Waals surface area (Å²) in [6.07, 6.45) is 5.64. The van der Waals surface area contributed by atoms with Gasteiger partial charge in [-0.2, -0.15) is 0 Å². The molecule has 4 rings (SSSR count). The number of ether oxygens (including phenoxy) is 3. The van der Waals surface area contributed by atoms with Gasteiger partial charge < -0.3 is 30.0 Å². The van der Waals surface area contributed by atoms with Crippen LogP contribution in [-0.4, -0.2) is 59.6 Å². The Kier molecular flexibility index (Phi) is 10.7. The van der Waals surface area contributed by atoms with Crippen molar-refractivity contribution in [3.63, 3.8) is 0 Å². The number of fused-ring (bicyclic) bond motifs is 1. The third kappa shape index (κ3) is 7.54. The first kappa shape index (κ1) is 30.7. The van der Waals surface area contributed by atoms with Crippen LogP contribution in [-0.2, 0) is 38.6 Å². The summed E-state index contributed by atoms with van der Waals surface area (Å²) >= 11 is 0. The monoisotopic (exact) mass is 572 g/mol. The number of hydrogen-bond acceptors (Lipinski definition) is 8. The minimum atomic E-state index is -1.28. The second-order valence-corrected chi connectivity index (χ2v) is 10.3. The van der Waals surface area contributed by atoms with Gasteiger partial charge in [-0.3, -0.25) is 4.90 Å². The van der Waals surface area contributed by atoms with E-state index in [1.165, 1.54) is 11.1 Å². The lowest BCUT2D eigenvalue weighted by Gasteiger charge is -2.37. The molecule has 0 spiro atoms. The zero-order valence-corrected chi connectivity index (χ0v) is 24.4. The topological polar surface area (TPSA) is 117 Å². The Bertz CT molecular complexity index is 1390. The third-order valence-electron chi connectivity index (χ3n) is 7.41. The van der Waals surface area contributed by atoms with Gasteiger partial charge in [-0.25, -0.2) is 9.78 Å². The predicted octanol–water partition coefficient (Wildman–Crippen LogP) is 5.70. The summed E-state index contributed by atoms with van der Waals surface area (Å²) in [4.78, 5) is 18.8. The first-order chi connectivity index (χ1) is 20.3. The number of benzene rings is 1. The second-order valence-electron chi connectivity index (χ2n) is 10.3. The van der Waals surface area contributed by atoms with E-state index in [1.807, 2.05) is 13.0 Å². The maximum atomic E-state index is 11.6. The summed E-state index contributed by atoms with van der Waals surface area (Å²) in [5.41, 5.74) is 5.46. The second kappa shape index (κ2) is 14.6. The van der Waals surface area contributed by atoms with Gasteiger partial charge >= 0.3 is 5.97 Å². The van der Waals surface area contributed by atoms with Crippen LogP contribution in [0.1, 0.15) is 49.1 Å². The average Bonchev–Trinajstić information content (AvgIpc) is 2.99. The molecule has 2 aromatic rings. The van der Waals surface area contributed by atoms with Crippen molar-refractivity contribution in [2.45, 2.75) is 52.3 Å². The van der Waals surface area contributed by atoms with Crippen molar-refractivity contribution in [1.29, 1.82) is 5.41 Å². The number of aliphatic carboxylic acids is 1. The lowest BCUT2D eigenvalue weighted by molar-refractivity contribution is -0.132. The van der Waals surface area contributed by atoms with E-state index < -0.39 is 5.97 Å². The van der Waals surface area contributed by atoms with E-state index in [9.17, 15) is 9.90 Å². The number of allylic oxidation sites excluding steroid dienone is 3. The Morgan fingerprint density at radius 2 is 2.02 bits per heavy atom. The molecule has 2 aliphatic heterocycles. The molecule has 0 atom stereocenters. The molecule has 3 heterocycles. The Balaban J connectivity index is 1.52. The van der Waals surface area contributed by atoms with Crippen LogP contribution >= 0.6 is 0 Å². The van der Waals surface area contributed by atoms with Crippen molar-refractivity contribution in [3.05, 3.63) is 101 Å². The molecule has 42 heavy (non-hydrogen) atoms. The molecule has 2 aliphatic rings. The summed E-state index contributed by atoms with van der Waals surface area (Å²) in [5.74, 6) is -0.417. The van der Waals surface area contributed by atoms with Crippen LogP contribution in [0.4, 0.5) is 5.82 Å². The van der Waals surface area contributed by atoms with Gasteiger partial charge in [0.25, 0.3) is 0 Å². The number of hydrogen-bond donors (Lipinski definition) is 3. The summed E-state index contributed by atoms with van der Waals surface area (Å²) in [7, 11) is 0. The molecule has 0 unspecified atom stereocenters. The van der Waals surface area contributed by atoms with Crippen LogP contribution in [0.15, 0.2) is 78.4 Å². The lowest BCUT2D eigenvalue weighted by atomic mass is 9.95. The van der Waals surface area contributed by atoms with Gasteiger partial charge in [-0.1, -0.05) is 43.5 Å². The standard InChI is InChI=1S/C33H40N4O5/c1-5-27(29-8-7-9-30(35-29)36-32(41-6-2)28(19-34)33(38)39)31(22(3)4)42-21-23-10-11-25-20-37(15-12-24(25)18-23)26-13-16-40-17-14-26/h5,7-11,18-19,26,34H,1,3,6,12-17,20-21H2,2,4H3,(H,35,36)(H,38,39)/b31-27-,32-28-,34-19?. The molecule has 0 saturated carbocycles. The fourth-order valence-corrected chi connectivity index (χ4v) is 5.30. The van der Waals surface area contributed by atoms with Gasteiger partial charge in [0.2, 0.25) is 5.88 Å². The molecule has 1 saturated heterocycles. The van der Waals surface area contributed by atoms with Gasteiger partial charge in [0.1, 0.15) is 23.8 Å². The van der Waals surface area contributed by atoms with Gasteiger partial charge in [0.05, 0.1) is 12.3 Å². The number of carboxylic acid groups (broad SMARTS) is 1. The van der Waals surface area contributed by atoms with Gasteiger partial charge in [-0.05, 0) is 67.5 Å². The lowest BCUT2D eigenvalue weighted by Crippen LogP contribution is -2.42. The quantitative estimate of drug-likeness (QED) is 0.121. The highest BCUT2D eigenvalue weighted by molar-refractivity contribution is 6.08. The number of nitrogens with one attached hydrogen (secondary N) is 2. The van der Waals surface area contributed by atoms with E-state index in [4.69, 9.17) is 19.6 Å². The van der Waals surface area contributed by atoms with Crippen molar-refractivity contribution in [3.8, 4) is 0 Å². The van der Waals surface area contributed by atoms with Crippen LogP contribution < -0.4 is 5.32 Å². The Morgan fingerprint density at radius 1 is 1.24 bits per heavy atom. The highest BCUT2D eigenvalue weighted by Gasteiger charge is 2.25. The SMILES string of the molecule is C=C/C(=C(/OCc1ccc2c(c1)CCN(C1CCOCC1)C2)C(=C)C)c1cccc(N/C(OCC)=C(\C=N)C(=O)O)n1. The molecule has 9 nitrogen and oxygen atoms in total. The third-order valence-corrected chi connectivity index (χ3v) is 7.41. The van der Waals surface area contributed by atoms with Crippen LogP contribution in [0.3, 0.4) is 0 Å². The Morgan fingerprint density at radius 3 is 2.69 bits per heavy atom. The Labute approximate surface area is 247 Å². The van der Waals surface area contributed by atoms with Gasteiger partial charge in [0, 0.05) is 44.1 Å². The number of aromatic nitrogens is 1. The fraction of sp³-hybridized carbons (Fsp3) is 0.364. The summed E-state index contributed by atoms with van der Waals surface area (Å²) < 4.78 is 17.3. The van der Waals surface area contributed by atoms with Crippen molar-refractivity contribution < 1.29 is 24.1 Å². The largest absolute Gasteiger partial charge is 0.488 e. The average molecular weight is 573 g/mol. The van der Waals surface area contributed by atoms with Crippen LogP contribution in [0.2, 0.25) is 0 Å². The molecular formula is C33H40N4O5. The number of nitrogens with zero attached hydrogens (tertiary/aromatic N) is 2. The highest BCUT2D eigenvalue weighted by atomic mass is 16.5. The van der Waals surface area contributed by atoms with E-state index in [2.05, 4.69) is 46.6 Å². The smallest absolute Gasteiger partial charge is 0.342 e. The van der Waals surface area contributed by atoms with E-state index in [0.717, 1.165) is 62.9 Å². The number of anilines is 1. The maximum absolute atomic E-state index is 11.6. The minimum absolute atomic E-state index is 0.0616. The molecule has 0 aliphatic carbocycles. The molecule has 0 amide bonds. The van der Waals surface area contributed by atoms with E-state index >= 15 is 0 Å². The Hall–Kier alpha value is -4.21. The van der Waals surface area contributed by atoms with E-state index in [0.29, 0.717) is 35.5 Å². The summed E-state index contributed by atoms with van der Waals surface area (Å²) in [5, 5.41) is 19.8. The number of carboxylic acids is 1. The van der Waals surface area contributed by atoms with Crippen LogP contribution in [0.5, 0.6) is 0 Å². The van der Waals surface area contributed by atoms with E-state index in [-0.39, 0.29) is 18.1 Å². The molecule has 9 heteroatoms. The molecule has 222 valence electrons. The molecule has 1 aromatic carbocycles. The van der Waals surface area contributed by atoms with Gasteiger partial charge in [0.15, 0.2) is 0 Å². The first-order valence-corrected chi connectivity index (χ1v) is 14.3. The number of pyridine rings is 1. The number of rotatable bonds is 13. The van der Waals surface area contributed by atoms with Crippen LogP contribution in [0, 0.1) is 5.41 Å². The minimum Gasteiger partial charge on any atom is -0.488 e. The summed E-state index contributed by atoms with van der Waals surface area (Å²) in [6.45, 7) is 16.1. The van der Waals surface area contributed by atoms with Gasteiger partial charge in [-0.15, -0.1) is 0 Å². The first-order valence-electron chi connectivity index (χ1n) is 14.3. The summed E-state index contributed by atoms with van der Waals surface area (Å²) in [6, 6.07) is 12.5. The van der Waals surface area contributed by atoms with Crippen molar-refractivity contribution in [2.75, 3.05) is 31.7 Å². The highest BCUT2D eigenvalue weighted by Crippen LogP contribution is 2.28. The zero-order chi connectivity index (χ0) is 30.1. The molecular weight excluding hydrogens is 532 g/mol. The van der Waals surface area contributed by atoms with Crippen molar-refractivity contribution >= 4 is 23.6 Å². The molecule has 3 N–H and O–H groups in total. The maximum Gasteiger partial charge on any atom is 0.342 e. The molecule has 0 radical (unpaired) electrons. The zero-order valence-electron chi connectivity index (χ0n) is 24.4. The normalized spacial score (nSPS) is 16.8. The molecule has 1 aromatic heterocycles. The van der Waals surface area contributed by atoms with Crippen molar-refractivity contribution in [2.24, 2.45) is 0 Å². The predicted molar refractivity (Wildman–Crippen MR) is 164 cm³/mol. The van der Waals surface area contributed by atoms with Crippen LogP contribution in [0.25, 0.3) is 5.57 Å². The van der Waals surface area contributed by atoms with E-state index in [1.54, 1.807) is 25.1 Å². The fourth-order valence-electron chi connectivity index (χ4n) is 5.30. The molecule has 0 bridgehead atoms. The number of carbonyl (C=O) groups is 1. The molecule has 1 fully saturated rings.